The number of anilines is 3. The van der Waals surface area contributed by atoms with Crippen LogP contribution in [0.15, 0.2) is 253 Å². The summed E-state index contributed by atoms with van der Waals surface area (Å²) in [6, 6.07) is 92.6. The highest BCUT2D eigenvalue weighted by Crippen LogP contribution is 2.65. The molecule has 2 nitrogen and oxygen atoms in total. The van der Waals surface area contributed by atoms with Crippen molar-refractivity contribution in [2.75, 3.05) is 4.90 Å². The molecule has 0 saturated carbocycles. The lowest BCUT2D eigenvalue weighted by Gasteiger charge is -2.42. The van der Waals surface area contributed by atoms with Gasteiger partial charge in [0.25, 0.3) is 0 Å². The minimum absolute atomic E-state index is 0.0440. The maximum absolute atomic E-state index is 6.75. The zero-order valence-corrected chi connectivity index (χ0v) is 43.9. The van der Waals surface area contributed by atoms with Gasteiger partial charge in [-0.2, -0.15) is 0 Å². The fourth-order valence-corrected chi connectivity index (χ4v) is 13.9. The molecular formula is C75H57NO. The Bertz CT molecular complexity index is 4260. The van der Waals surface area contributed by atoms with Crippen LogP contribution in [0.3, 0.4) is 0 Å². The normalized spacial score (nSPS) is 15.0. The van der Waals surface area contributed by atoms with Crippen molar-refractivity contribution in [3.63, 3.8) is 0 Å². The van der Waals surface area contributed by atoms with Gasteiger partial charge in [0.1, 0.15) is 11.2 Å². The number of fused-ring (bicyclic) bond motifs is 14. The summed E-state index contributed by atoms with van der Waals surface area (Å²) in [5.41, 5.74) is 27.9. The Morgan fingerprint density at radius 2 is 0.753 bits per heavy atom. The SMILES string of the molecule is CC1(C)CCC(C)(C)c2cc(-c3c(-c4ccc(N(c5ccc(-c6ccccc6)cc5)c5ccc6c(c5)oc5cc(-c7ccccc7)ccc56)cc4)ccc4c3-c3ccccc3C43c4ccccc4-c4ccccc43)ccc21. The summed E-state index contributed by atoms with van der Waals surface area (Å²) < 4.78 is 6.75. The van der Waals surface area contributed by atoms with Gasteiger partial charge in [0.05, 0.1) is 5.41 Å². The van der Waals surface area contributed by atoms with Gasteiger partial charge in [0, 0.05) is 33.9 Å². The molecule has 0 aliphatic heterocycles. The van der Waals surface area contributed by atoms with Crippen molar-refractivity contribution in [1.82, 2.24) is 0 Å². The van der Waals surface area contributed by atoms with E-state index < -0.39 is 5.41 Å². The van der Waals surface area contributed by atoms with E-state index in [0.29, 0.717) is 0 Å². The van der Waals surface area contributed by atoms with E-state index in [1.807, 2.05) is 0 Å². The maximum Gasteiger partial charge on any atom is 0.137 e. The largest absolute Gasteiger partial charge is 0.456 e. The molecule has 0 N–H and O–H groups in total. The van der Waals surface area contributed by atoms with Crippen LogP contribution in [0.4, 0.5) is 17.1 Å². The number of furan rings is 1. The van der Waals surface area contributed by atoms with Crippen molar-refractivity contribution in [1.29, 1.82) is 0 Å². The van der Waals surface area contributed by atoms with E-state index in [4.69, 9.17) is 4.42 Å². The van der Waals surface area contributed by atoms with Crippen LogP contribution in [0.5, 0.6) is 0 Å². The Morgan fingerprint density at radius 3 is 1.39 bits per heavy atom. The Kier molecular flexibility index (Phi) is 10.0. The Balaban J connectivity index is 0.919. The third kappa shape index (κ3) is 6.87. The first kappa shape index (κ1) is 45.4. The molecule has 0 amide bonds. The topological polar surface area (TPSA) is 16.4 Å². The van der Waals surface area contributed by atoms with Gasteiger partial charge in [-0.25, -0.2) is 0 Å². The molecule has 0 unspecified atom stereocenters. The smallest absolute Gasteiger partial charge is 0.137 e. The van der Waals surface area contributed by atoms with E-state index >= 15 is 0 Å². The van der Waals surface area contributed by atoms with Gasteiger partial charge >= 0.3 is 0 Å². The number of benzene rings is 11. The predicted octanol–water partition coefficient (Wildman–Crippen LogP) is 20.4. The second-order valence-corrected chi connectivity index (χ2v) is 23.0. The van der Waals surface area contributed by atoms with E-state index in [9.17, 15) is 0 Å². The molecule has 77 heavy (non-hydrogen) atoms. The molecule has 368 valence electrons. The Morgan fingerprint density at radius 1 is 0.299 bits per heavy atom. The van der Waals surface area contributed by atoms with Gasteiger partial charge in [0.2, 0.25) is 0 Å². The molecule has 12 aromatic rings. The molecule has 0 saturated heterocycles. The number of rotatable bonds is 7. The molecular weight excluding hydrogens is 931 g/mol. The highest BCUT2D eigenvalue weighted by atomic mass is 16.3. The van der Waals surface area contributed by atoms with Crippen LogP contribution in [0.1, 0.15) is 73.9 Å². The summed E-state index contributed by atoms with van der Waals surface area (Å²) in [5, 5.41) is 2.21. The quantitative estimate of drug-likeness (QED) is 0.158. The van der Waals surface area contributed by atoms with Gasteiger partial charge in [-0.15, -0.1) is 0 Å². The zero-order chi connectivity index (χ0) is 51.6. The second kappa shape index (κ2) is 17.0. The summed E-state index contributed by atoms with van der Waals surface area (Å²) in [7, 11) is 0. The van der Waals surface area contributed by atoms with Crippen molar-refractivity contribution >= 4 is 39.0 Å². The first-order valence-corrected chi connectivity index (χ1v) is 27.4. The zero-order valence-electron chi connectivity index (χ0n) is 43.9. The molecule has 1 spiro atoms. The average Bonchev–Trinajstić information content (AvgIpc) is 4.20. The van der Waals surface area contributed by atoms with Gasteiger partial charge in [-0.3, -0.25) is 0 Å². The maximum atomic E-state index is 6.75. The minimum Gasteiger partial charge on any atom is -0.456 e. The monoisotopic (exact) mass is 987 g/mol. The molecule has 1 heterocycles. The van der Waals surface area contributed by atoms with Crippen LogP contribution < -0.4 is 4.90 Å². The average molecular weight is 988 g/mol. The van der Waals surface area contributed by atoms with Gasteiger partial charge in [0.15, 0.2) is 0 Å². The van der Waals surface area contributed by atoms with Gasteiger partial charge in [-0.1, -0.05) is 222 Å². The third-order valence-corrected chi connectivity index (χ3v) is 17.8. The van der Waals surface area contributed by atoms with Crippen molar-refractivity contribution < 1.29 is 4.42 Å². The minimum atomic E-state index is -0.451. The van der Waals surface area contributed by atoms with Crippen LogP contribution in [0, 0.1) is 0 Å². The van der Waals surface area contributed by atoms with E-state index in [1.54, 1.807) is 0 Å². The molecule has 0 atom stereocenters. The van der Waals surface area contributed by atoms with E-state index in [0.717, 1.165) is 51.0 Å². The fraction of sp³-hybridized carbons (Fsp3) is 0.120. The molecule has 11 aromatic carbocycles. The predicted molar refractivity (Wildman–Crippen MR) is 322 cm³/mol. The van der Waals surface area contributed by atoms with Crippen LogP contribution in [-0.2, 0) is 16.2 Å². The lowest BCUT2D eigenvalue weighted by molar-refractivity contribution is 0.332. The highest BCUT2D eigenvalue weighted by molar-refractivity contribution is 6.08. The van der Waals surface area contributed by atoms with Crippen LogP contribution in [0.2, 0.25) is 0 Å². The third-order valence-electron chi connectivity index (χ3n) is 17.8. The summed E-state index contributed by atoms with van der Waals surface area (Å²) in [6.45, 7) is 9.76. The molecule has 0 bridgehead atoms. The van der Waals surface area contributed by atoms with Crippen LogP contribution in [-0.4, -0.2) is 0 Å². The van der Waals surface area contributed by atoms with Crippen molar-refractivity contribution in [3.8, 4) is 66.8 Å². The molecule has 1 aromatic heterocycles. The number of hydrogen-bond donors (Lipinski definition) is 0. The standard InChI is InChI=1S/C75H57NO/c1-73(2)43-44-74(3,4)68-45-53(32-41-66(68)73)71-57(40-42-67-72(71)62-23-13-16-26-65(62)75(67)63-24-14-11-21-58(63)59-22-12-15-25-64(59)75)51-29-35-55(36-30-51)76(54-33-27-50(28-34-54)48-17-7-5-8-18-48)56-37-39-61-60-38-31-52(49-19-9-6-10-20-49)46-69(60)77-70(61)47-56/h5-42,45-47H,43-44H2,1-4H3. The molecule has 2 heteroatoms. The van der Waals surface area contributed by atoms with Crippen LogP contribution >= 0.6 is 0 Å². The van der Waals surface area contributed by atoms with Crippen molar-refractivity contribution in [2.24, 2.45) is 0 Å². The van der Waals surface area contributed by atoms with Crippen molar-refractivity contribution in [3.05, 3.63) is 282 Å². The fourth-order valence-electron chi connectivity index (χ4n) is 13.9. The van der Waals surface area contributed by atoms with E-state index in [1.165, 1.54) is 101 Å². The summed E-state index contributed by atoms with van der Waals surface area (Å²) in [4.78, 5) is 2.37. The molecule has 0 fully saturated rings. The number of hydrogen-bond acceptors (Lipinski definition) is 2. The first-order chi connectivity index (χ1) is 37.7. The second-order valence-electron chi connectivity index (χ2n) is 23.0. The Labute approximate surface area is 451 Å². The molecule has 0 radical (unpaired) electrons. The summed E-state index contributed by atoms with van der Waals surface area (Å²) in [5.74, 6) is 0. The van der Waals surface area contributed by atoms with Crippen LogP contribution in [0.25, 0.3) is 88.7 Å². The molecule has 3 aliphatic carbocycles. The van der Waals surface area contributed by atoms with E-state index in [-0.39, 0.29) is 10.8 Å². The first-order valence-electron chi connectivity index (χ1n) is 27.4. The molecule has 15 rings (SSSR count). The van der Waals surface area contributed by atoms with E-state index in [2.05, 4.69) is 281 Å². The highest BCUT2D eigenvalue weighted by Gasteiger charge is 2.52. The Hall–Kier alpha value is -8.98. The van der Waals surface area contributed by atoms with Gasteiger partial charge < -0.3 is 9.32 Å². The summed E-state index contributed by atoms with van der Waals surface area (Å²) in [6.07, 6.45) is 2.33. The lowest BCUT2D eigenvalue weighted by atomic mass is 9.62. The molecule has 3 aliphatic rings. The van der Waals surface area contributed by atoms with Gasteiger partial charge in [-0.05, 0) is 172 Å². The number of nitrogens with zero attached hydrogens (tertiary/aromatic N) is 1. The van der Waals surface area contributed by atoms with Crippen molar-refractivity contribution in [2.45, 2.75) is 56.8 Å². The lowest BCUT2D eigenvalue weighted by Crippen LogP contribution is -2.33. The summed E-state index contributed by atoms with van der Waals surface area (Å²) >= 11 is 0.